The van der Waals surface area contributed by atoms with Gasteiger partial charge < -0.3 is 4.74 Å². The van der Waals surface area contributed by atoms with E-state index in [1.54, 1.807) is 11.2 Å². The molecule has 0 atom stereocenters. The SMILES string of the molecule is CCS(=O)(=O)N1CCC2(CC1)COCCN(Cc1ccncc1)C2. The fourth-order valence-corrected chi connectivity index (χ4v) is 4.79. The van der Waals surface area contributed by atoms with Gasteiger partial charge in [0.15, 0.2) is 0 Å². The first-order valence-electron chi connectivity index (χ1n) is 8.70. The Balaban J connectivity index is 1.65. The van der Waals surface area contributed by atoms with Crippen LogP contribution < -0.4 is 0 Å². The Morgan fingerprint density at radius 3 is 2.58 bits per heavy atom. The largest absolute Gasteiger partial charge is 0.379 e. The van der Waals surface area contributed by atoms with Gasteiger partial charge in [0.1, 0.15) is 0 Å². The van der Waals surface area contributed by atoms with Gasteiger partial charge in [-0.05, 0) is 37.5 Å². The van der Waals surface area contributed by atoms with E-state index in [2.05, 4.69) is 22.0 Å². The molecule has 0 aliphatic carbocycles. The summed E-state index contributed by atoms with van der Waals surface area (Å²) in [4.78, 5) is 6.51. The molecule has 0 N–H and O–H groups in total. The normalized spacial score (nSPS) is 23.2. The monoisotopic (exact) mass is 353 g/mol. The molecule has 24 heavy (non-hydrogen) atoms. The minimum absolute atomic E-state index is 0.0727. The molecule has 2 aliphatic rings. The molecule has 0 radical (unpaired) electrons. The first kappa shape index (κ1) is 17.8. The maximum absolute atomic E-state index is 12.1. The maximum atomic E-state index is 12.1. The molecule has 1 spiro atoms. The van der Waals surface area contributed by atoms with Crippen LogP contribution in [0.2, 0.25) is 0 Å². The van der Waals surface area contributed by atoms with Crippen molar-refractivity contribution in [2.24, 2.45) is 5.41 Å². The highest BCUT2D eigenvalue weighted by atomic mass is 32.2. The first-order valence-corrected chi connectivity index (χ1v) is 10.3. The predicted octanol–water partition coefficient (Wildman–Crippen LogP) is 1.35. The van der Waals surface area contributed by atoms with E-state index in [1.807, 2.05) is 12.4 Å². The number of sulfonamides is 1. The van der Waals surface area contributed by atoms with Crippen LogP contribution in [0.5, 0.6) is 0 Å². The van der Waals surface area contributed by atoms with E-state index in [0.717, 1.165) is 45.7 Å². The molecule has 0 bridgehead atoms. The second kappa shape index (κ2) is 7.47. The molecular weight excluding hydrogens is 326 g/mol. The van der Waals surface area contributed by atoms with Gasteiger partial charge in [-0.25, -0.2) is 12.7 Å². The summed E-state index contributed by atoms with van der Waals surface area (Å²) in [6.45, 7) is 7.20. The van der Waals surface area contributed by atoms with Crippen molar-refractivity contribution in [2.45, 2.75) is 26.3 Å². The summed E-state index contributed by atoms with van der Waals surface area (Å²) in [5.74, 6) is 0.185. The minimum atomic E-state index is -3.08. The Morgan fingerprint density at radius 2 is 1.92 bits per heavy atom. The Hall–Kier alpha value is -1.02. The zero-order valence-electron chi connectivity index (χ0n) is 14.4. The van der Waals surface area contributed by atoms with Crippen LogP contribution in [-0.4, -0.2) is 67.8 Å². The van der Waals surface area contributed by atoms with Gasteiger partial charge >= 0.3 is 0 Å². The summed E-state index contributed by atoms with van der Waals surface area (Å²) in [6.07, 6.45) is 5.40. The summed E-state index contributed by atoms with van der Waals surface area (Å²) in [7, 11) is -3.08. The van der Waals surface area contributed by atoms with Crippen LogP contribution in [0.3, 0.4) is 0 Å². The van der Waals surface area contributed by atoms with Crippen molar-refractivity contribution in [3.63, 3.8) is 0 Å². The summed E-state index contributed by atoms with van der Waals surface area (Å²) in [5.41, 5.74) is 1.33. The molecule has 6 nitrogen and oxygen atoms in total. The molecule has 0 unspecified atom stereocenters. The summed E-state index contributed by atoms with van der Waals surface area (Å²) < 4.78 is 31.7. The van der Waals surface area contributed by atoms with Crippen molar-refractivity contribution < 1.29 is 13.2 Å². The Labute approximate surface area is 144 Å². The van der Waals surface area contributed by atoms with Crippen LogP contribution in [0.25, 0.3) is 0 Å². The van der Waals surface area contributed by atoms with Gasteiger partial charge in [-0.1, -0.05) is 0 Å². The van der Waals surface area contributed by atoms with Gasteiger partial charge in [-0.15, -0.1) is 0 Å². The van der Waals surface area contributed by atoms with Gasteiger partial charge in [0.25, 0.3) is 0 Å². The Bertz CT molecular complexity index is 628. The van der Waals surface area contributed by atoms with E-state index in [1.165, 1.54) is 5.56 Å². The summed E-state index contributed by atoms with van der Waals surface area (Å²) in [5, 5.41) is 0. The van der Waals surface area contributed by atoms with Crippen molar-refractivity contribution in [2.75, 3.05) is 45.1 Å². The second-order valence-electron chi connectivity index (χ2n) is 6.92. The fraction of sp³-hybridized carbons (Fsp3) is 0.706. The van der Waals surface area contributed by atoms with Crippen LogP contribution >= 0.6 is 0 Å². The highest BCUT2D eigenvalue weighted by Crippen LogP contribution is 2.35. The number of hydrogen-bond acceptors (Lipinski definition) is 5. The second-order valence-corrected chi connectivity index (χ2v) is 9.18. The third-order valence-electron chi connectivity index (χ3n) is 5.22. The lowest BCUT2D eigenvalue weighted by Gasteiger charge is -2.42. The van der Waals surface area contributed by atoms with E-state index in [0.29, 0.717) is 13.1 Å². The lowest BCUT2D eigenvalue weighted by Crippen LogP contribution is -2.49. The summed E-state index contributed by atoms with van der Waals surface area (Å²) in [6, 6.07) is 4.10. The molecule has 2 saturated heterocycles. The van der Waals surface area contributed by atoms with Crippen molar-refractivity contribution in [1.29, 1.82) is 0 Å². The number of ether oxygens (including phenoxy) is 1. The molecular formula is C17H27N3O3S. The number of pyridine rings is 1. The van der Waals surface area contributed by atoms with Gasteiger partial charge in [-0.3, -0.25) is 9.88 Å². The Kier molecular flexibility index (Phi) is 5.54. The molecule has 7 heteroatoms. The maximum Gasteiger partial charge on any atom is 0.213 e. The highest BCUT2D eigenvalue weighted by molar-refractivity contribution is 7.89. The zero-order chi connectivity index (χ0) is 17.0. The van der Waals surface area contributed by atoms with E-state index < -0.39 is 10.0 Å². The number of hydrogen-bond donors (Lipinski definition) is 0. The van der Waals surface area contributed by atoms with Crippen molar-refractivity contribution in [1.82, 2.24) is 14.2 Å². The van der Waals surface area contributed by atoms with E-state index in [-0.39, 0.29) is 11.2 Å². The van der Waals surface area contributed by atoms with Gasteiger partial charge in [0.05, 0.1) is 19.0 Å². The van der Waals surface area contributed by atoms with E-state index >= 15 is 0 Å². The van der Waals surface area contributed by atoms with Crippen LogP contribution in [0.4, 0.5) is 0 Å². The molecule has 2 fully saturated rings. The van der Waals surface area contributed by atoms with Crippen LogP contribution in [0.15, 0.2) is 24.5 Å². The van der Waals surface area contributed by atoms with Crippen LogP contribution in [-0.2, 0) is 21.3 Å². The van der Waals surface area contributed by atoms with Gasteiger partial charge in [0, 0.05) is 50.5 Å². The molecule has 1 aromatic heterocycles. The number of nitrogens with zero attached hydrogens (tertiary/aromatic N) is 3. The molecule has 3 heterocycles. The smallest absolute Gasteiger partial charge is 0.213 e. The van der Waals surface area contributed by atoms with Crippen molar-refractivity contribution in [3.8, 4) is 0 Å². The topological polar surface area (TPSA) is 62.7 Å². The van der Waals surface area contributed by atoms with Crippen LogP contribution in [0, 0.1) is 5.41 Å². The minimum Gasteiger partial charge on any atom is -0.379 e. The molecule has 0 saturated carbocycles. The number of aromatic nitrogens is 1. The fourth-order valence-electron chi connectivity index (χ4n) is 3.69. The third kappa shape index (κ3) is 4.14. The molecule has 0 amide bonds. The quantitative estimate of drug-likeness (QED) is 0.818. The van der Waals surface area contributed by atoms with E-state index in [9.17, 15) is 8.42 Å². The lowest BCUT2D eigenvalue weighted by atomic mass is 9.79. The van der Waals surface area contributed by atoms with Crippen molar-refractivity contribution in [3.05, 3.63) is 30.1 Å². The lowest BCUT2D eigenvalue weighted by molar-refractivity contribution is 0.0308. The third-order valence-corrected chi connectivity index (χ3v) is 7.10. The Morgan fingerprint density at radius 1 is 1.21 bits per heavy atom. The average Bonchev–Trinajstić information content (AvgIpc) is 2.78. The number of piperidine rings is 1. The molecule has 0 aromatic carbocycles. The highest BCUT2D eigenvalue weighted by Gasteiger charge is 2.40. The number of rotatable bonds is 4. The predicted molar refractivity (Wildman–Crippen MR) is 93.0 cm³/mol. The summed E-state index contributed by atoms with van der Waals surface area (Å²) >= 11 is 0. The van der Waals surface area contributed by atoms with E-state index in [4.69, 9.17) is 4.74 Å². The molecule has 3 rings (SSSR count). The average molecular weight is 353 g/mol. The zero-order valence-corrected chi connectivity index (χ0v) is 15.2. The molecule has 2 aliphatic heterocycles. The van der Waals surface area contributed by atoms with Crippen molar-refractivity contribution >= 4 is 10.0 Å². The molecule has 1 aromatic rings. The van der Waals surface area contributed by atoms with Gasteiger partial charge in [0.2, 0.25) is 10.0 Å². The first-order chi connectivity index (χ1) is 11.5. The molecule has 134 valence electrons. The van der Waals surface area contributed by atoms with Crippen LogP contribution in [0.1, 0.15) is 25.3 Å². The van der Waals surface area contributed by atoms with Gasteiger partial charge in [-0.2, -0.15) is 0 Å². The standard InChI is InChI=1S/C17H27N3O3S/c1-2-24(21,22)20-9-5-17(6-10-20)14-19(11-12-23-15-17)13-16-3-7-18-8-4-16/h3-4,7-8H,2,5-6,9-15H2,1H3.